The normalized spacial score (nSPS) is 12.0. The molecule has 1 N–H and O–H groups in total. The number of alkyl halides is 2. The van der Waals surface area contributed by atoms with Crippen molar-refractivity contribution in [2.24, 2.45) is 0 Å². The van der Waals surface area contributed by atoms with Crippen LogP contribution < -0.4 is 4.74 Å². The lowest BCUT2D eigenvalue weighted by Gasteiger charge is -2.15. The van der Waals surface area contributed by atoms with Crippen molar-refractivity contribution in [3.05, 3.63) is 28.9 Å². The number of hydrogen-bond acceptors (Lipinski definition) is 3. The highest BCUT2D eigenvalue weighted by molar-refractivity contribution is 9.10. The quantitative estimate of drug-likeness (QED) is 0.945. The third kappa shape index (κ3) is 2.03. The first-order valence-corrected chi connectivity index (χ1v) is 5.16. The van der Waals surface area contributed by atoms with E-state index in [1.807, 2.05) is 0 Å². The van der Waals surface area contributed by atoms with Gasteiger partial charge in [-0.1, -0.05) is 0 Å². The minimum absolute atomic E-state index is 0.0361. The highest BCUT2D eigenvalue weighted by Crippen LogP contribution is 2.34. The van der Waals surface area contributed by atoms with Gasteiger partial charge in [-0.25, -0.2) is 0 Å². The largest absolute Gasteiger partial charge is 0.463 e. The second kappa shape index (κ2) is 4.03. The molecule has 0 fully saturated rings. The van der Waals surface area contributed by atoms with Gasteiger partial charge < -0.3 is 14.3 Å². The predicted octanol–water partition coefficient (Wildman–Crippen LogP) is 3.16. The van der Waals surface area contributed by atoms with Gasteiger partial charge in [0.05, 0.1) is 16.1 Å². The Labute approximate surface area is 97.7 Å². The van der Waals surface area contributed by atoms with Gasteiger partial charge in [0.15, 0.2) is 5.58 Å². The van der Waals surface area contributed by atoms with E-state index in [1.54, 1.807) is 0 Å². The molecule has 0 saturated carbocycles. The van der Waals surface area contributed by atoms with Crippen molar-refractivity contribution in [3.63, 3.8) is 0 Å². The van der Waals surface area contributed by atoms with Crippen LogP contribution in [0.1, 0.15) is 0 Å². The molecule has 0 saturated heterocycles. The molecule has 0 aliphatic heterocycles. The van der Waals surface area contributed by atoms with Crippen molar-refractivity contribution in [1.82, 2.24) is 0 Å². The molecule has 2 rings (SSSR count). The lowest BCUT2D eigenvalue weighted by molar-refractivity contribution is -0.200. The molecule has 0 aliphatic carbocycles. The van der Waals surface area contributed by atoms with Gasteiger partial charge in [0.2, 0.25) is 0 Å². The molecule has 3 nitrogen and oxygen atoms in total. The summed E-state index contributed by atoms with van der Waals surface area (Å²) in [5, 5.41) is 8.84. The Morgan fingerprint density at radius 2 is 2.12 bits per heavy atom. The molecule has 0 aliphatic rings. The lowest BCUT2D eigenvalue weighted by atomic mass is 10.2. The van der Waals surface area contributed by atoms with E-state index in [0.29, 0.717) is 15.4 Å². The third-order valence-corrected chi connectivity index (χ3v) is 2.60. The molecule has 1 aromatic carbocycles. The zero-order valence-corrected chi connectivity index (χ0v) is 9.50. The van der Waals surface area contributed by atoms with Gasteiger partial charge in [-0.3, -0.25) is 0 Å². The molecular weight excluding hydrogens is 286 g/mol. The van der Waals surface area contributed by atoms with Gasteiger partial charge in [0.25, 0.3) is 0 Å². The standard InChI is InChI=1S/C10H7BrF2O3/c11-7-1-2-8(16-10(12,13)5-14)6-3-4-15-9(6)7/h1-4,14H,5H2. The molecule has 6 heteroatoms. The number of rotatable bonds is 3. The molecular formula is C10H7BrF2O3. The molecule has 2 aromatic rings. The Hall–Kier alpha value is -1.14. The van der Waals surface area contributed by atoms with E-state index >= 15 is 0 Å². The van der Waals surface area contributed by atoms with Crippen molar-refractivity contribution in [2.75, 3.05) is 6.61 Å². The number of aliphatic hydroxyl groups excluding tert-OH is 1. The van der Waals surface area contributed by atoms with E-state index in [0.717, 1.165) is 0 Å². The minimum atomic E-state index is -3.60. The highest BCUT2D eigenvalue weighted by Gasteiger charge is 2.31. The summed E-state index contributed by atoms with van der Waals surface area (Å²) in [5.41, 5.74) is 0.422. The van der Waals surface area contributed by atoms with E-state index in [-0.39, 0.29) is 5.75 Å². The Balaban J connectivity index is 2.46. The smallest absolute Gasteiger partial charge is 0.421 e. The van der Waals surface area contributed by atoms with Crippen LogP contribution in [0.5, 0.6) is 5.75 Å². The van der Waals surface area contributed by atoms with Crippen molar-refractivity contribution in [2.45, 2.75) is 6.11 Å². The van der Waals surface area contributed by atoms with Crippen LogP contribution in [0.25, 0.3) is 11.0 Å². The van der Waals surface area contributed by atoms with E-state index < -0.39 is 12.7 Å². The molecule has 1 heterocycles. The fraction of sp³-hybridized carbons (Fsp3) is 0.200. The molecule has 1 aromatic heterocycles. The summed E-state index contributed by atoms with van der Waals surface area (Å²) < 4.78 is 35.9. The van der Waals surface area contributed by atoms with Crippen molar-refractivity contribution in [3.8, 4) is 5.75 Å². The van der Waals surface area contributed by atoms with Gasteiger partial charge in [-0.15, -0.1) is 0 Å². The zero-order valence-electron chi connectivity index (χ0n) is 7.91. The molecule has 0 bridgehead atoms. The Morgan fingerprint density at radius 3 is 2.81 bits per heavy atom. The number of ether oxygens (including phenoxy) is 1. The summed E-state index contributed by atoms with van der Waals surface area (Å²) in [6.07, 6.45) is -2.22. The summed E-state index contributed by atoms with van der Waals surface area (Å²) in [6.45, 7) is -1.37. The average molecular weight is 293 g/mol. The van der Waals surface area contributed by atoms with Crippen LogP contribution in [-0.4, -0.2) is 17.8 Å². The highest BCUT2D eigenvalue weighted by atomic mass is 79.9. The average Bonchev–Trinajstić information content (AvgIpc) is 2.72. The molecule has 0 amide bonds. The van der Waals surface area contributed by atoms with Crippen LogP contribution in [0.3, 0.4) is 0 Å². The number of hydrogen-bond donors (Lipinski definition) is 1. The van der Waals surface area contributed by atoms with E-state index in [2.05, 4.69) is 20.7 Å². The number of aliphatic hydroxyl groups is 1. The first-order valence-electron chi connectivity index (χ1n) is 4.37. The van der Waals surface area contributed by atoms with Crippen LogP contribution in [0.2, 0.25) is 0 Å². The van der Waals surface area contributed by atoms with Gasteiger partial charge >= 0.3 is 6.11 Å². The maximum atomic E-state index is 12.9. The first-order chi connectivity index (χ1) is 7.53. The van der Waals surface area contributed by atoms with E-state index in [4.69, 9.17) is 9.52 Å². The summed E-state index contributed by atoms with van der Waals surface area (Å²) >= 11 is 3.22. The number of halogens is 3. The molecule has 0 spiro atoms. The lowest BCUT2D eigenvalue weighted by Crippen LogP contribution is -2.29. The topological polar surface area (TPSA) is 42.6 Å². The minimum Gasteiger partial charge on any atom is -0.463 e. The summed E-state index contributed by atoms with van der Waals surface area (Å²) in [4.78, 5) is 0. The monoisotopic (exact) mass is 292 g/mol. The molecule has 0 atom stereocenters. The maximum absolute atomic E-state index is 12.9. The fourth-order valence-electron chi connectivity index (χ4n) is 1.28. The van der Waals surface area contributed by atoms with Crippen molar-refractivity contribution in [1.29, 1.82) is 0 Å². The second-order valence-corrected chi connectivity index (χ2v) is 3.96. The van der Waals surface area contributed by atoms with Crippen LogP contribution >= 0.6 is 15.9 Å². The van der Waals surface area contributed by atoms with Crippen LogP contribution in [0.15, 0.2) is 33.4 Å². The van der Waals surface area contributed by atoms with Crippen molar-refractivity contribution < 1.29 is 23.0 Å². The molecule has 0 unspecified atom stereocenters. The van der Waals surface area contributed by atoms with Gasteiger partial charge in [0.1, 0.15) is 12.4 Å². The van der Waals surface area contributed by atoms with Gasteiger partial charge in [0, 0.05) is 0 Å². The Morgan fingerprint density at radius 1 is 1.38 bits per heavy atom. The Bertz CT molecular complexity index is 510. The molecule has 16 heavy (non-hydrogen) atoms. The van der Waals surface area contributed by atoms with E-state index in [1.165, 1.54) is 24.5 Å². The molecule has 86 valence electrons. The summed E-state index contributed by atoms with van der Waals surface area (Å²) in [5.74, 6) is -0.0361. The number of furan rings is 1. The summed E-state index contributed by atoms with van der Waals surface area (Å²) in [6, 6.07) is 4.43. The maximum Gasteiger partial charge on any atom is 0.421 e. The predicted molar refractivity (Wildman–Crippen MR) is 56.6 cm³/mol. The zero-order chi connectivity index (χ0) is 11.8. The van der Waals surface area contributed by atoms with Crippen LogP contribution in [0, 0.1) is 0 Å². The van der Waals surface area contributed by atoms with Gasteiger partial charge in [-0.2, -0.15) is 8.78 Å². The number of benzene rings is 1. The SMILES string of the molecule is OCC(F)(F)Oc1ccc(Br)c2occc12. The van der Waals surface area contributed by atoms with Crippen LogP contribution in [0.4, 0.5) is 8.78 Å². The van der Waals surface area contributed by atoms with Crippen molar-refractivity contribution >= 4 is 26.9 Å². The molecule has 0 radical (unpaired) electrons. The van der Waals surface area contributed by atoms with Gasteiger partial charge in [-0.05, 0) is 34.1 Å². The number of fused-ring (bicyclic) bond motifs is 1. The summed E-state index contributed by atoms with van der Waals surface area (Å²) in [7, 11) is 0. The second-order valence-electron chi connectivity index (χ2n) is 3.11. The third-order valence-electron chi connectivity index (χ3n) is 1.97. The Kier molecular flexibility index (Phi) is 2.86. The van der Waals surface area contributed by atoms with E-state index in [9.17, 15) is 8.78 Å². The fourth-order valence-corrected chi connectivity index (χ4v) is 1.72. The first kappa shape index (κ1) is 11.3. The van der Waals surface area contributed by atoms with Crippen LogP contribution in [-0.2, 0) is 0 Å².